The van der Waals surface area contributed by atoms with Gasteiger partial charge in [-0.15, -0.1) is 0 Å². The lowest BCUT2D eigenvalue weighted by Crippen LogP contribution is -2.34. The fraction of sp³-hybridized carbons (Fsp3) is 0.261. The van der Waals surface area contributed by atoms with E-state index in [1.165, 1.54) is 30.3 Å². The molecule has 0 aliphatic rings. The average molecular weight is 460 g/mol. The number of hydrogen-bond donors (Lipinski definition) is 1. The third-order valence-electron chi connectivity index (χ3n) is 4.86. The number of halogens is 2. The molecule has 3 rings (SSSR count). The van der Waals surface area contributed by atoms with Gasteiger partial charge in [0.25, 0.3) is 11.8 Å². The Labute approximate surface area is 190 Å². The van der Waals surface area contributed by atoms with E-state index in [-0.39, 0.29) is 23.1 Å². The van der Waals surface area contributed by atoms with Crippen LogP contribution in [0.25, 0.3) is 11.3 Å². The number of aromatic nitrogens is 1. The summed E-state index contributed by atoms with van der Waals surface area (Å²) in [5, 5.41) is 6.93. The Morgan fingerprint density at radius 3 is 2.47 bits per heavy atom. The van der Waals surface area contributed by atoms with E-state index >= 15 is 0 Å². The van der Waals surface area contributed by atoms with Gasteiger partial charge in [0, 0.05) is 24.3 Å². The van der Waals surface area contributed by atoms with E-state index in [2.05, 4.69) is 10.5 Å². The number of anilines is 1. The van der Waals surface area contributed by atoms with E-state index in [9.17, 15) is 14.0 Å². The molecule has 2 aromatic carbocycles. The third kappa shape index (κ3) is 5.26. The van der Waals surface area contributed by atoms with Gasteiger partial charge >= 0.3 is 0 Å². The van der Waals surface area contributed by atoms with Crippen molar-refractivity contribution in [3.05, 3.63) is 64.6 Å². The van der Waals surface area contributed by atoms with E-state index in [1.54, 1.807) is 24.0 Å². The molecule has 0 atom stereocenters. The first-order valence-corrected chi connectivity index (χ1v) is 10.5. The minimum absolute atomic E-state index is 0.131. The molecule has 0 aliphatic carbocycles. The molecule has 1 heterocycles. The van der Waals surface area contributed by atoms with Crippen molar-refractivity contribution >= 4 is 29.1 Å². The topological polar surface area (TPSA) is 84.7 Å². The second-order valence-corrected chi connectivity index (χ2v) is 7.33. The minimum Gasteiger partial charge on any atom is -0.482 e. The number of carbonyl (C=O) groups excluding carboxylic acids is 2. The number of hydrogen-bond acceptors (Lipinski definition) is 5. The Bertz CT molecular complexity index is 1110. The molecule has 0 saturated carbocycles. The zero-order valence-corrected chi connectivity index (χ0v) is 18.7. The molecule has 0 unspecified atom stereocenters. The number of carbonyl (C=O) groups is 2. The summed E-state index contributed by atoms with van der Waals surface area (Å²) in [6, 6.07) is 10.3. The van der Waals surface area contributed by atoms with E-state index < -0.39 is 11.7 Å². The fourth-order valence-electron chi connectivity index (χ4n) is 3.14. The lowest BCUT2D eigenvalue weighted by molar-refractivity contribution is -0.132. The van der Waals surface area contributed by atoms with Gasteiger partial charge in [0.2, 0.25) is 0 Å². The van der Waals surface area contributed by atoms with Gasteiger partial charge in [-0.2, -0.15) is 0 Å². The van der Waals surface area contributed by atoms with Crippen LogP contribution >= 0.6 is 11.6 Å². The van der Waals surface area contributed by atoms with Crippen LogP contribution in [0, 0.1) is 12.7 Å². The summed E-state index contributed by atoms with van der Waals surface area (Å²) in [5.74, 6) is -0.332. The molecular weight excluding hydrogens is 437 g/mol. The average Bonchev–Trinajstić information content (AvgIpc) is 3.16. The quantitative estimate of drug-likeness (QED) is 0.515. The third-order valence-corrected chi connectivity index (χ3v) is 5.16. The molecule has 7 nitrogen and oxygen atoms in total. The predicted molar refractivity (Wildman–Crippen MR) is 119 cm³/mol. The maximum atomic E-state index is 13.2. The predicted octanol–water partition coefficient (Wildman–Crippen LogP) is 4.94. The fourth-order valence-corrected chi connectivity index (χ4v) is 3.38. The summed E-state index contributed by atoms with van der Waals surface area (Å²) in [6.07, 6.45) is 0. The lowest BCUT2D eigenvalue weighted by atomic mass is 10.1. The van der Waals surface area contributed by atoms with Crippen molar-refractivity contribution in [2.45, 2.75) is 20.8 Å². The number of rotatable bonds is 8. The normalized spacial score (nSPS) is 10.7. The highest BCUT2D eigenvalue weighted by Gasteiger charge is 2.22. The number of aryl methyl sites for hydroxylation is 1. The van der Waals surface area contributed by atoms with Crippen LogP contribution < -0.4 is 10.1 Å². The van der Waals surface area contributed by atoms with E-state index in [1.807, 2.05) is 13.8 Å². The Morgan fingerprint density at radius 1 is 1.16 bits per heavy atom. The van der Waals surface area contributed by atoms with Crippen LogP contribution in [0.3, 0.4) is 0 Å². The molecule has 168 valence electrons. The van der Waals surface area contributed by atoms with Crippen molar-refractivity contribution in [3.8, 4) is 17.0 Å². The number of likely N-dealkylation sites (N-methyl/N-ethyl adjacent to an activating group) is 1. The standard InChI is InChI=1S/C23H23ClFN3O4/c1-4-28(5-2)20(29)13-31-19-11-10-17(12-18(19)24)26-23(30)21-14(3)32-27-22(21)15-6-8-16(25)9-7-15/h6-12H,4-5,13H2,1-3H3,(H,26,30). The van der Waals surface area contributed by atoms with Crippen molar-refractivity contribution < 1.29 is 23.2 Å². The van der Waals surface area contributed by atoms with Gasteiger partial charge < -0.3 is 19.5 Å². The SMILES string of the molecule is CCN(CC)C(=O)COc1ccc(NC(=O)c2c(-c3ccc(F)cc3)noc2C)cc1Cl. The summed E-state index contributed by atoms with van der Waals surface area (Å²) >= 11 is 6.27. The number of nitrogens with zero attached hydrogens (tertiary/aromatic N) is 2. The Kier molecular flexibility index (Phi) is 7.48. The van der Waals surface area contributed by atoms with Crippen LogP contribution in [-0.4, -0.2) is 41.6 Å². The van der Waals surface area contributed by atoms with Crippen molar-refractivity contribution in [2.75, 3.05) is 25.0 Å². The molecule has 0 bridgehead atoms. The second kappa shape index (κ2) is 10.3. The molecule has 0 radical (unpaired) electrons. The molecule has 9 heteroatoms. The molecule has 0 saturated heterocycles. The molecule has 1 aromatic heterocycles. The van der Waals surface area contributed by atoms with Crippen molar-refractivity contribution in [2.24, 2.45) is 0 Å². The smallest absolute Gasteiger partial charge is 0.261 e. The van der Waals surface area contributed by atoms with Crippen molar-refractivity contribution in [3.63, 3.8) is 0 Å². The van der Waals surface area contributed by atoms with E-state index in [0.717, 1.165) is 0 Å². The molecule has 32 heavy (non-hydrogen) atoms. The van der Waals surface area contributed by atoms with Crippen LogP contribution in [0.4, 0.5) is 10.1 Å². The highest BCUT2D eigenvalue weighted by molar-refractivity contribution is 6.32. The van der Waals surface area contributed by atoms with Gasteiger partial charge in [0.1, 0.15) is 28.6 Å². The maximum absolute atomic E-state index is 13.2. The Morgan fingerprint density at radius 2 is 1.84 bits per heavy atom. The largest absolute Gasteiger partial charge is 0.482 e. The van der Waals surface area contributed by atoms with E-state index in [4.69, 9.17) is 20.9 Å². The van der Waals surface area contributed by atoms with Gasteiger partial charge in [-0.3, -0.25) is 9.59 Å². The summed E-state index contributed by atoms with van der Waals surface area (Å²) < 4.78 is 23.9. The summed E-state index contributed by atoms with van der Waals surface area (Å²) in [5.41, 5.74) is 1.51. The molecule has 0 aliphatic heterocycles. The molecular formula is C23H23ClFN3O4. The summed E-state index contributed by atoms with van der Waals surface area (Å²) in [4.78, 5) is 26.7. The van der Waals surface area contributed by atoms with Crippen molar-refractivity contribution in [1.82, 2.24) is 10.1 Å². The number of amides is 2. The first-order valence-electron chi connectivity index (χ1n) is 10.1. The van der Waals surface area contributed by atoms with Gasteiger partial charge in [-0.05, 0) is 63.2 Å². The maximum Gasteiger partial charge on any atom is 0.261 e. The summed E-state index contributed by atoms with van der Waals surface area (Å²) in [6.45, 7) is 6.47. The van der Waals surface area contributed by atoms with Gasteiger partial charge in [-0.1, -0.05) is 16.8 Å². The van der Waals surface area contributed by atoms with Crippen LogP contribution in [-0.2, 0) is 4.79 Å². The van der Waals surface area contributed by atoms with Crippen molar-refractivity contribution in [1.29, 1.82) is 0 Å². The van der Waals surface area contributed by atoms with Gasteiger partial charge in [0.05, 0.1) is 5.02 Å². The first kappa shape index (κ1) is 23.3. The zero-order chi connectivity index (χ0) is 23.3. The Balaban J connectivity index is 1.73. The van der Waals surface area contributed by atoms with Gasteiger partial charge in [-0.25, -0.2) is 4.39 Å². The number of nitrogens with one attached hydrogen (secondary N) is 1. The lowest BCUT2D eigenvalue weighted by Gasteiger charge is -2.19. The first-order chi connectivity index (χ1) is 15.3. The number of ether oxygens (including phenoxy) is 1. The highest BCUT2D eigenvalue weighted by atomic mass is 35.5. The number of benzene rings is 2. The zero-order valence-electron chi connectivity index (χ0n) is 17.9. The molecule has 0 spiro atoms. The molecule has 3 aromatic rings. The minimum atomic E-state index is -0.454. The van der Waals surface area contributed by atoms with Crippen LogP contribution in [0.1, 0.15) is 30.0 Å². The molecule has 1 N–H and O–H groups in total. The monoisotopic (exact) mass is 459 g/mol. The molecule has 0 fully saturated rings. The highest BCUT2D eigenvalue weighted by Crippen LogP contribution is 2.30. The van der Waals surface area contributed by atoms with Crippen LogP contribution in [0.15, 0.2) is 47.0 Å². The van der Waals surface area contributed by atoms with E-state index in [0.29, 0.717) is 41.5 Å². The van der Waals surface area contributed by atoms with Gasteiger partial charge in [0.15, 0.2) is 6.61 Å². The van der Waals surface area contributed by atoms with Crippen LogP contribution in [0.2, 0.25) is 5.02 Å². The summed E-state index contributed by atoms with van der Waals surface area (Å²) in [7, 11) is 0. The Hall–Kier alpha value is -3.39. The molecule has 2 amide bonds. The second-order valence-electron chi connectivity index (χ2n) is 6.92. The van der Waals surface area contributed by atoms with Crippen LogP contribution in [0.5, 0.6) is 5.75 Å².